The van der Waals surface area contributed by atoms with Gasteiger partial charge >= 0.3 is 0 Å². The number of hydrogen-bond acceptors (Lipinski definition) is 3. The van der Waals surface area contributed by atoms with Crippen LogP contribution in [0.15, 0.2) is 0 Å². The second-order valence-corrected chi connectivity index (χ2v) is 5.08. The maximum absolute atomic E-state index is 4.49. The van der Waals surface area contributed by atoms with Gasteiger partial charge in [0, 0.05) is 18.4 Å². The summed E-state index contributed by atoms with van der Waals surface area (Å²) in [5.74, 6) is 2.48. The molecule has 4 heteroatoms. The van der Waals surface area contributed by atoms with E-state index in [-0.39, 0.29) is 0 Å². The summed E-state index contributed by atoms with van der Waals surface area (Å²) in [4.78, 5) is 0. The van der Waals surface area contributed by atoms with Gasteiger partial charge in [-0.05, 0) is 38.8 Å². The standard InChI is InChI=1S/C12H20N4/c1-2-12(5-7-13-8-6-12)11-15-14-10-4-3-9-16(10)11/h13H,2-9H2,1H3. The fourth-order valence-electron chi connectivity index (χ4n) is 3.18. The lowest BCUT2D eigenvalue weighted by Gasteiger charge is -2.35. The Morgan fingerprint density at radius 1 is 1.31 bits per heavy atom. The largest absolute Gasteiger partial charge is 0.317 e. The average molecular weight is 220 g/mol. The number of rotatable bonds is 2. The van der Waals surface area contributed by atoms with Crippen LogP contribution in [-0.4, -0.2) is 27.9 Å². The smallest absolute Gasteiger partial charge is 0.139 e. The molecule has 1 saturated heterocycles. The zero-order chi connectivity index (χ0) is 11.0. The van der Waals surface area contributed by atoms with Gasteiger partial charge in [-0.3, -0.25) is 0 Å². The third-order valence-electron chi connectivity index (χ3n) is 4.32. The molecular formula is C12H20N4. The molecular weight excluding hydrogens is 200 g/mol. The highest BCUT2D eigenvalue weighted by Crippen LogP contribution is 2.36. The Labute approximate surface area is 96.4 Å². The lowest BCUT2D eigenvalue weighted by atomic mass is 9.76. The highest BCUT2D eigenvalue weighted by atomic mass is 15.3. The number of aromatic nitrogens is 3. The van der Waals surface area contributed by atoms with Crippen LogP contribution in [0.25, 0.3) is 0 Å². The molecule has 3 heterocycles. The molecule has 4 nitrogen and oxygen atoms in total. The van der Waals surface area contributed by atoms with E-state index in [0.29, 0.717) is 5.41 Å². The van der Waals surface area contributed by atoms with Crippen molar-refractivity contribution in [2.75, 3.05) is 13.1 Å². The molecule has 1 fully saturated rings. The van der Waals surface area contributed by atoms with Gasteiger partial charge in [-0.15, -0.1) is 10.2 Å². The van der Waals surface area contributed by atoms with Crippen molar-refractivity contribution < 1.29 is 0 Å². The van der Waals surface area contributed by atoms with Gasteiger partial charge in [0.1, 0.15) is 11.6 Å². The predicted molar refractivity (Wildman–Crippen MR) is 62.4 cm³/mol. The van der Waals surface area contributed by atoms with Gasteiger partial charge < -0.3 is 9.88 Å². The molecule has 0 amide bonds. The van der Waals surface area contributed by atoms with Gasteiger partial charge in [-0.25, -0.2) is 0 Å². The highest BCUT2D eigenvalue weighted by Gasteiger charge is 2.38. The molecule has 3 rings (SSSR count). The molecule has 0 spiro atoms. The van der Waals surface area contributed by atoms with Crippen LogP contribution in [0.3, 0.4) is 0 Å². The van der Waals surface area contributed by atoms with Gasteiger partial charge in [0.2, 0.25) is 0 Å². The van der Waals surface area contributed by atoms with E-state index >= 15 is 0 Å². The van der Waals surface area contributed by atoms with Crippen molar-refractivity contribution >= 4 is 0 Å². The van der Waals surface area contributed by atoms with Crippen molar-refractivity contribution in [3.63, 3.8) is 0 Å². The number of fused-ring (bicyclic) bond motifs is 1. The van der Waals surface area contributed by atoms with E-state index in [1.807, 2.05) is 0 Å². The average Bonchev–Trinajstić information content (AvgIpc) is 2.91. The summed E-state index contributed by atoms with van der Waals surface area (Å²) in [6.07, 6.45) is 5.97. The van der Waals surface area contributed by atoms with Gasteiger partial charge in [-0.1, -0.05) is 6.92 Å². The molecule has 0 atom stereocenters. The van der Waals surface area contributed by atoms with Crippen LogP contribution in [0.4, 0.5) is 0 Å². The molecule has 0 bridgehead atoms. The minimum Gasteiger partial charge on any atom is -0.317 e. The van der Waals surface area contributed by atoms with Crippen molar-refractivity contribution in [3.05, 3.63) is 11.6 Å². The molecule has 0 saturated carbocycles. The van der Waals surface area contributed by atoms with Gasteiger partial charge in [0.25, 0.3) is 0 Å². The van der Waals surface area contributed by atoms with Crippen LogP contribution in [0.5, 0.6) is 0 Å². The van der Waals surface area contributed by atoms with E-state index in [2.05, 4.69) is 27.0 Å². The van der Waals surface area contributed by atoms with Crippen LogP contribution < -0.4 is 5.32 Å². The van der Waals surface area contributed by atoms with Crippen molar-refractivity contribution in [2.24, 2.45) is 0 Å². The van der Waals surface area contributed by atoms with Crippen molar-refractivity contribution in [3.8, 4) is 0 Å². The minimum absolute atomic E-state index is 0.292. The topological polar surface area (TPSA) is 42.7 Å². The lowest BCUT2D eigenvalue weighted by molar-refractivity contribution is 0.273. The van der Waals surface area contributed by atoms with E-state index in [1.165, 1.54) is 37.3 Å². The molecule has 1 aromatic heterocycles. The number of nitrogens with zero attached hydrogens (tertiary/aromatic N) is 3. The van der Waals surface area contributed by atoms with Gasteiger partial charge in [-0.2, -0.15) is 0 Å². The molecule has 88 valence electrons. The van der Waals surface area contributed by atoms with Crippen molar-refractivity contribution in [1.82, 2.24) is 20.1 Å². The molecule has 0 aromatic carbocycles. The second-order valence-electron chi connectivity index (χ2n) is 5.08. The number of aryl methyl sites for hydroxylation is 1. The maximum atomic E-state index is 4.49. The summed E-state index contributed by atoms with van der Waals surface area (Å²) in [5, 5.41) is 12.3. The molecule has 2 aliphatic rings. The van der Waals surface area contributed by atoms with Crippen LogP contribution in [0.1, 0.15) is 44.3 Å². The fourth-order valence-corrected chi connectivity index (χ4v) is 3.18. The van der Waals surface area contributed by atoms with Crippen LogP contribution >= 0.6 is 0 Å². The predicted octanol–water partition coefficient (Wildman–Crippen LogP) is 1.26. The zero-order valence-corrected chi connectivity index (χ0v) is 10.00. The van der Waals surface area contributed by atoms with Crippen molar-refractivity contribution in [2.45, 2.75) is 51.0 Å². The molecule has 0 unspecified atom stereocenters. The number of nitrogens with one attached hydrogen (secondary N) is 1. The summed E-state index contributed by atoms with van der Waals surface area (Å²) >= 11 is 0. The highest BCUT2D eigenvalue weighted by molar-refractivity contribution is 5.14. The van der Waals surface area contributed by atoms with Crippen molar-refractivity contribution in [1.29, 1.82) is 0 Å². The summed E-state index contributed by atoms with van der Waals surface area (Å²) < 4.78 is 2.38. The second kappa shape index (κ2) is 3.84. The summed E-state index contributed by atoms with van der Waals surface area (Å²) in [6.45, 7) is 5.67. The molecule has 1 aromatic rings. The SMILES string of the molecule is CCC1(c2nnc3n2CCC3)CCNCC1. The fraction of sp³-hybridized carbons (Fsp3) is 0.833. The van der Waals surface area contributed by atoms with E-state index in [1.54, 1.807) is 0 Å². The Balaban J connectivity index is 1.99. The van der Waals surface area contributed by atoms with Crippen LogP contribution in [0, 0.1) is 0 Å². The summed E-state index contributed by atoms with van der Waals surface area (Å²) in [7, 11) is 0. The first-order valence-corrected chi connectivity index (χ1v) is 6.49. The maximum Gasteiger partial charge on any atom is 0.139 e. The normalized spacial score (nSPS) is 23.3. The monoisotopic (exact) mass is 220 g/mol. The molecule has 0 aliphatic carbocycles. The Hall–Kier alpha value is -0.900. The third-order valence-corrected chi connectivity index (χ3v) is 4.32. The van der Waals surface area contributed by atoms with E-state index in [0.717, 1.165) is 26.1 Å². The van der Waals surface area contributed by atoms with E-state index in [9.17, 15) is 0 Å². The van der Waals surface area contributed by atoms with Crippen LogP contribution in [-0.2, 0) is 18.4 Å². The number of piperidine rings is 1. The van der Waals surface area contributed by atoms with E-state index < -0.39 is 0 Å². The third kappa shape index (κ3) is 1.39. The zero-order valence-electron chi connectivity index (χ0n) is 10.00. The Morgan fingerprint density at radius 3 is 2.88 bits per heavy atom. The van der Waals surface area contributed by atoms with Crippen LogP contribution in [0.2, 0.25) is 0 Å². The lowest BCUT2D eigenvalue weighted by Crippen LogP contribution is -2.41. The quantitative estimate of drug-likeness (QED) is 0.816. The Kier molecular flexibility index (Phi) is 2.46. The van der Waals surface area contributed by atoms with E-state index in [4.69, 9.17) is 0 Å². The minimum atomic E-state index is 0.292. The summed E-state index contributed by atoms with van der Waals surface area (Å²) in [6, 6.07) is 0. The Bertz CT molecular complexity index is 376. The first-order valence-electron chi connectivity index (χ1n) is 6.49. The Morgan fingerprint density at radius 2 is 2.12 bits per heavy atom. The molecule has 0 radical (unpaired) electrons. The molecule has 1 N–H and O–H groups in total. The molecule has 16 heavy (non-hydrogen) atoms. The summed E-state index contributed by atoms with van der Waals surface area (Å²) in [5.41, 5.74) is 0.292. The molecule has 2 aliphatic heterocycles. The van der Waals surface area contributed by atoms with Gasteiger partial charge in [0.05, 0.1) is 0 Å². The van der Waals surface area contributed by atoms with Gasteiger partial charge in [0.15, 0.2) is 0 Å². The number of hydrogen-bond donors (Lipinski definition) is 1. The first-order chi connectivity index (χ1) is 7.86. The first kappa shape index (κ1) is 10.3.